The molecule has 5 aromatic rings. The second-order valence-corrected chi connectivity index (χ2v) is 6.51. The third kappa shape index (κ3) is 2.44. The summed E-state index contributed by atoms with van der Waals surface area (Å²) < 4.78 is 7.28. The second-order valence-electron chi connectivity index (χ2n) is 6.51. The Bertz CT molecular complexity index is 1290. The first-order valence-corrected chi connectivity index (χ1v) is 9.18. The fourth-order valence-electron chi connectivity index (χ4n) is 3.46. The molecule has 1 N–H and O–H groups in total. The van der Waals surface area contributed by atoms with Crippen molar-refractivity contribution in [3.63, 3.8) is 0 Å². The van der Waals surface area contributed by atoms with Crippen LogP contribution in [0, 0.1) is 6.92 Å². The largest absolute Gasteiger partial charge is 0.368 e. The van der Waals surface area contributed by atoms with E-state index in [1.165, 1.54) is 0 Å². The molecule has 0 unspecified atom stereocenters. The van der Waals surface area contributed by atoms with Gasteiger partial charge in [-0.25, -0.2) is 0 Å². The molecule has 0 aliphatic rings. The van der Waals surface area contributed by atoms with E-state index >= 15 is 0 Å². The lowest BCUT2D eigenvalue weighted by atomic mass is 10.1. The fraction of sp³-hybridized carbons (Fsp3) is 0.143. The molecule has 0 spiro atoms. The molecule has 0 bridgehead atoms. The van der Waals surface area contributed by atoms with Crippen LogP contribution in [0.4, 0.5) is 5.82 Å². The van der Waals surface area contributed by atoms with Crippen LogP contribution in [0.15, 0.2) is 59.1 Å². The molecule has 3 aromatic heterocycles. The predicted molar refractivity (Wildman–Crippen MR) is 108 cm³/mol. The highest BCUT2D eigenvalue weighted by atomic mass is 16.5. The van der Waals surface area contributed by atoms with Crippen LogP contribution in [-0.2, 0) is 0 Å². The number of nitrogens with zero attached hydrogens (tertiary/aromatic N) is 5. The minimum atomic E-state index is 0.609. The van der Waals surface area contributed by atoms with Gasteiger partial charge < -0.3 is 9.84 Å². The number of hydrogen-bond donors (Lipinski definition) is 1. The number of anilines is 1. The number of nitrogens with one attached hydrogen (secondary N) is 1. The molecule has 0 radical (unpaired) electrons. The summed E-state index contributed by atoms with van der Waals surface area (Å²) in [5.41, 5.74) is 3.18. The molecule has 0 aliphatic heterocycles. The van der Waals surface area contributed by atoms with Gasteiger partial charge in [-0.2, -0.15) is 4.52 Å². The number of rotatable bonds is 4. The molecule has 0 saturated heterocycles. The zero-order valence-corrected chi connectivity index (χ0v) is 15.5. The first kappa shape index (κ1) is 16.4. The van der Waals surface area contributed by atoms with Crippen LogP contribution in [0.5, 0.6) is 0 Å². The van der Waals surface area contributed by atoms with E-state index in [1.54, 1.807) is 4.52 Å². The van der Waals surface area contributed by atoms with Crippen molar-refractivity contribution in [3.05, 3.63) is 60.4 Å². The number of benzene rings is 2. The number of hydrogen-bond acceptors (Lipinski definition) is 6. The Morgan fingerprint density at radius 2 is 1.71 bits per heavy atom. The van der Waals surface area contributed by atoms with Gasteiger partial charge in [-0.05, 0) is 13.8 Å². The highest BCUT2D eigenvalue weighted by Gasteiger charge is 2.23. The molecular weight excluding hydrogens is 352 g/mol. The Morgan fingerprint density at radius 3 is 2.50 bits per heavy atom. The molecule has 5 rings (SSSR count). The van der Waals surface area contributed by atoms with Gasteiger partial charge in [-0.1, -0.05) is 59.8 Å². The SMILES string of the molecule is CCNc1nn2c(-c3c(-c4ccccc4)noc3C)nnc2c2ccccc12. The first-order valence-electron chi connectivity index (χ1n) is 9.18. The molecule has 7 nitrogen and oxygen atoms in total. The summed E-state index contributed by atoms with van der Waals surface area (Å²) in [6.45, 7) is 4.69. The monoisotopic (exact) mass is 370 g/mol. The summed E-state index contributed by atoms with van der Waals surface area (Å²) in [4.78, 5) is 0. The van der Waals surface area contributed by atoms with Crippen molar-refractivity contribution in [2.75, 3.05) is 11.9 Å². The van der Waals surface area contributed by atoms with E-state index in [2.05, 4.69) is 20.7 Å². The van der Waals surface area contributed by atoms with Crippen molar-refractivity contribution in [3.8, 4) is 22.6 Å². The summed E-state index contributed by atoms with van der Waals surface area (Å²) in [6.07, 6.45) is 0. The minimum absolute atomic E-state index is 0.609. The maximum absolute atomic E-state index is 5.51. The van der Waals surface area contributed by atoms with Crippen LogP contribution in [0.3, 0.4) is 0 Å². The van der Waals surface area contributed by atoms with E-state index in [1.807, 2.05) is 68.4 Å². The maximum Gasteiger partial charge on any atom is 0.191 e. The Morgan fingerprint density at radius 1 is 0.964 bits per heavy atom. The summed E-state index contributed by atoms with van der Waals surface area (Å²) in [5.74, 6) is 2.08. The quantitative estimate of drug-likeness (QED) is 0.507. The third-order valence-electron chi connectivity index (χ3n) is 4.74. The van der Waals surface area contributed by atoms with Crippen LogP contribution in [0.2, 0.25) is 0 Å². The Kier molecular flexibility index (Phi) is 3.79. The Balaban J connectivity index is 1.81. The lowest BCUT2D eigenvalue weighted by Crippen LogP contribution is -2.05. The van der Waals surface area contributed by atoms with Crippen molar-refractivity contribution in [1.29, 1.82) is 0 Å². The Labute approximate surface area is 161 Å². The van der Waals surface area contributed by atoms with Gasteiger partial charge in [0.25, 0.3) is 0 Å². The van der Waals surface area contributed by atoms with E-state index in [9.17, 15) is 0 Å². The standard InChI is InChI=1S/C21H18N6O/c1-3-22-19-15-11-7-8-12-16(15)20-23-24-21(27(20)25-19)17-13(2)28-26-18(17)14-9-5-4-6-10-14/h4-12H,3H2,1-2H3,(H,22,25). The molecule has 28 heavy (non-hydrogen) atoms. The zero-order chi connectivity index (χ0) is 19.1. The van der Waals surface area contributed by atoms with Gasteiger partial charge in [-0.15, -0.1) is 15.3 Å². The molecule has 7 heteroatoms. The van der Waals surface area contributed by atoms with Crippen molar-refractivity contribution in [1.82, 2.24) is 25.0 Å². The zero-order valence-electron chi connectivity index (χ0n) is 15.5. The summed E-state index contributed by atoms with van der Waals surface area (Å²) >= 11 is 0. The van der Waals surface area contributed by atoms with E-state index in [4.69, 9.17) is 9.62 Å². The minimum Gasteiger partial charge on any atom is -0.368 e. The van der Waals surface area contributed by atoms with Crippen LogP contribution >= 0.6 is 0 Å². The maximum atomic E-state index is 5.51. The average Bonchev–Trinajstić information content (AvgIpc) is 3.32. The molecule has 3 heterocycles. The van der Waals surface area contributed by atoms with Crippen LogP contribution in [0.25, 0.3) is 39.1 Å². The molecule has 0 saturated carbocycles. The van der Waals surface area contributed by atoms with Crippen molar-refractivity contribution in [2.24, 2.45) is 0 Å². The molecule has 0 atom stereocenters. The lowest BCUT2D eigenvalue weighted by molar-refractivity contribution is 0.400. The second kappa shape index (κ2) is 6.45. The molecular formula is C21H18N6O. The van der Waals surface area contributed by atoms with E-state index in [0.29, 0.717) is 17.2 Å². The van der Waals surface area contributed by atoms with Gasteiger partial charge in [0.1, 0.15) is 11.5 Å². The van der Waals surface area contributed by atoms with Gasteiger partial charge in [0.15, 0.2) is 17.3 Å². The topological polar surface area (TPSA) is 81.1 Å². The predicted octanol–water partition coefficient (Wildman–Crippen LogP) is 4.34. The van der Waals surface area contributed by atoms with Gasteiger partial charge in [0.2, 0.25) is 0 Å². The summed E-state index contributed by atoms with van der Waals surface area (Å²) in [7, 11) is 0. The smallest absolute Gasteiger partial charge is 0.191 e. The average molecular weight is 370 g/mol. The molecule has 2 aromatic carbocycles. The highest BCUT2D eigenvalue weighted by Crippen LogP contribution is 2.34. The van der Waals surface area contributed by atoms with E-state index < -0.39 is 0 Å². The van der Waals surface area contributed by atoms with Crippen molar-refractivity contribution >= 4 is 22.2 Å². The van der Waals surface area contributed by atoms with Gasteiger partial charge >= 0.3 is 0 Å². The highest BCUT2D eigenvalue weighted by molar-refractivity contribution is 6.00. The van der Waals surface area contributed by atoms with E-state index in [0.717, 1.165) is 40.0 Å². The summed E-state index contributed by atoms with van der Waals surface area (Å²) in [5, 5.41) is 23.3. The normalized spacial score (nSPS) is 11.4. The number of aromatic nitrogens is 5. The van der Waals surface area contributed by atoms with Crippen LogP contribution in [0.1, 0.15) is 12.7 Å². The van der Waals surface area contributed by atoms with Gasteiger partial charge in [0, 0.05) is 22.9 Å². The molecule has 0 amide bonds. The Hall–Kier alpha value is -3.74. The fourth-order valence-corrected chi connectivity index (χ4v) is 3.46. The van der Waals surface area contributed by atoms with Gasteiger partial charge in [0.05, 0.1) is 5.56 Å². The van der Waals surface area contributed by atoms with Crippen molar-refractivity contribution < 1.29 is 4.52 Å². The van der Waals surface area contributed by atoms with E-state index in [-0.39, 0.29) is 0 Å². The molecule has 0 fully saturated rings. The van der Waals surface area contributed by atoms with Crippen LogP contribution < -0.4 is 5.32 Å². The van der Waals surface area contributed by atoms with Crippen molar-refractivity contribution in [2.45, 2.75) is 13.8 Å². The third-order valence-corrected chi connectivity index (χ3v) is 4.74. The first-order chi connectivity index (χ1) is 13.8. The molecule has 0 aliphatic carbocycles. The number of aryl methyl sites for hydroxylation is 1. The summed E-state index contributed by atoms with van der Waals surface area (Å²) in [6, 6.07) is 18.0. The van der Waals surface area contributed by atoms with Gasteiger partial charge in [-0.3, -0.25) is 0 Å². The lowest BCUT2D eigenvalue weighted by Gasteiger charge is -2.09. The molecule has 138 valence electrons. The van der Waals surface area contributed by atoms with Crippen LogP contribution in [-0.4, -0.2) is 31.5 Å². The number of fused-ring (bicyclic) bond motifs is 3.